The van der Waals surface area contributed by atoms with Gasteiger partial charge in [-0.2, -0.15) is 38.3 Å². The molecule has 0 bridgehead atoms. The Morgan fingerprint density at radius 2 is 1.45 bits per heavy atom. The average molecular weight is 954 g/mol. The molecule has 1 aromatic heterocycles. The first-order valence-corrected chi connectivity index (χ1v) is 20.0. The number of phenols is 1. The summed E-state index contributed by atoms with van der Waals surface area (Å²) in [4.78, 5) is 12.9. The molecule has 0 unspecified atom stereocenters. The molecule has 0 atom stereocenters. The molecule has 0 aliphatic carbocycles. The van der Waals surface area contributed by atoms with Crippen molar-refractivity contribution in [3.05, 3.63) is 96.3 Å². The number of rotatable bonds is 9. The molecule has 0 aliphatic heterocycles. The van der Waals surface area contributed by atoms with Crippen LogP contribution in [-0.4, -0.2) is 77.8 Å². The minimum Gasteiger partial charge on any atom is -0.745 e. The largest absolute Gasteiger partial charge is 1.00 e. The molecule has 6 rings (SSSR count). The summed E-state index contributed by atoms with van der Waals surface area (Å²) in [5.74, 6) is -0.671. The molecule has 20 nitrogen and oxygen atoms in total. The molecule has 292 valence electrons. The number of azo groups is 1. The van der Waals surface area contributed by atoms with Gasteiger partial charge in [0, 0.05) is 17.1 Å². The van der Waals surface area contributed by atoms with Crippen molar-refractivity contribution in [3.63, 3.8) is 0 Å². The van der Waals surface area contributed by atoms with E-state index in [2.05, 4.69) is 42.6 Å². The number of anilines is 4. The number of fused-ring (bicyclic) bond motifs is 2. The van der Waals surface area contributed by atoms with Crippen LogP contribution in [0.5, 0.6) is 5.75 Å². The van der Waals surface area contributed by atoms with E-state index in [4.69, 9.17) is 36.9 Å². The standard InChI is InChI=1S/C31H22ClN7O7S2.4Na.2O3S/c1-2-39(20-11-4-3-5-12-20)31-35-29(32)34-30(36-31)33-22-14-8-10-19-17-24(47(41,42)43)26(27(40)25(19)22)38-37-23-16-15-18-9-6-7-13-21(18)28(23)48(44,45)46;;;;;2*1-4(2)3/h3-7,10-17,40H,2H2,1H3,(H,41,42,43)(H,44,45,46)(H,33,34,35,36);;;;;;/q-2;4*+1;;/p-2. The average Bonchev–Trinajstić information content (AvgIpc) is 3.10. The predicted molar refractivity (Wildman–Crippen MR) is 194 cm³/mol. The van der Waals surface area contributed by atoms with Gasteiger partial charge in [-0.25, -0.2) is 16.8 Å². The molecule has 0 spiro atoms. The summed E-state index contributed by atoms with van der Waals surface area (Å²) in [6, 6.07) is 25.4. The monoisotopic (exact) mass is 953 g/mol. The van der Waals surface area contributed by atoms with Gasteiger partial charge >= 0.3 is 139 Å². The van der Waals surface area contributed by atoms with Gasteiger partial charge in [-0.1, -0.05) is 46.8 Å². The number of hydrogen-bond donors (Lipinski definition) is 2. The summed E-state index contributed by atoms with van der Waals surface area (Å²) in [5.41, 5.74) is -0.396. The first kappa shape index (κ1) is 58.0. The van der Waals surface area contributed by atoms with E-state index in [1.54, 1.807) is 4.90 Å². The fourth-order valence-electron chi connectivity index (χ4n) is 5.01. The van der Waals surface area contributed by atoms with E-state index in [1.807, 2.05) is 37.3 Å². The van der Waals surface area contributed by atoms with Crippen molar-refractivity contribution in [1.82, 2.24) is 15.0 Å². The van der Waals surface area contributed by atoms with Crippen LogP contribution in [0.4, 0.5) is 34.6 Å². The molecule has 0 radical (unpaired) electrons. The maximum Gasteiger partial charge on any atom is 1.00 e. The zero-order chi connectivity index (χ0) is 41.4. The number of para-hydroxylation sites is 1. The van der Waals surface area contributed by atoms with Crippen molar-refractivity contribution in [2.75, 3.05) is 16.8 Å². The zero-order valence-electron chi connectivity index (χ0n) is 31.8. The first-order chi connectivity index (χ1) is 26.3. The first-order valence-electron chi connectivity index (χ1n) is 14.8. The van der Waals surface area contributed by atoms with Gasteiger partial charge in [-0.15, -0.1) is 71.5 Å². The molecule has 0 saturated carbocycles. The second kappa shape index (κ2) is 25.9. The van der Waals surface area contributed by atoms with E-state index in [-0.39, 0.29) is 157 Å². The van der Waals surface area contributed by atoms with Gasteiger partial charge in [0.2, 0.25) is 17.2 Å². The summed E-state index contributed by atoms with van der Waals surface area (Å²) >= 11 is 6.25. The second-order valence-corrected chi connectivity index (χ2v) is 14.2. The number of nitrogens with one attached hydrogen (secondary N) is 1. The van der Waals surface area contributed by atoms with E-state index in [1.165, 1.54) is 36.4 Å². The van der Waals surface area contributed by atoms with Crippen molar-refractivity contribution in [3.8, 4) is 5.75 Å². The van der Waals surface area contributed by atoms with Crippen molar-refractivity contribution in [1.29, 1.82) is 0 Å². The number of phenolic OH excluding ortho intramolecular Hbond substituents is 1. The molecule has 1 heterocycles. The van der Waals surface area contributed by atoms with Crippen molar-refractivity contribution in [2.24, 2.45) is 10.2 Å². The van der Waals surface area contributed by atoms with Crippen LogP contribution in [0, 0.1) is 12.1 Å². The van der Waals surface area contributed by atoms with Gasteiger partial charge in [0.1, 0.15) is 31.7 Å². The van der Waals surface area contributed by atoms with Gasteiger partial charge in [-0.05, 0) is 30.7 Å². The predicted octanol–water partition coefficient (Wildman–Crippen LogP) is -7.73. The fourth-order valence-corrected chi connectivity index (χ4v) is 6.63. The number of benzene rings is 5. The van der Waals surface area contributed by atoms with Gasteiger partial charge in [0.15, 0.2) is 0 Å². The van der Waals surface area contributed by atoms with E-state index in [9.17, 15) is 31.0 Å². The molecule has 0 fully saturated rings. The summed E-state index contributed by atoms with van der Waals surface area (Å²) in [5, 5.41) is 22.1. The second-order valence-electron chi connectivity index (χ2n) is 10.4. The molecule has 60 heavy (non-hydrogen) atoms. The van der Waals surface area contributed by atoms with Crippen LogP contribution in [0.2, 0.25) is 5.28 Å². The Hall–Kier alpha value is -2.02. The minimum atomic E-state index is -5.29. The Bertz CT molecular complexity index is 2920. The van der Waals surface area contributed by atoms with Crippen LogP contribution < -0.4 is 128 Å². The molecular weight excluding hydrogens is 934 g/mol. The van der Waals surface area contributed by atoms with Gasteiger partial charge in [0.25, 0.3) is 0 Å². The quantitative estimate of drug-likeness (QED) is 0.0588. The van der Waals surface area contributed by atoms with Crippen LogP contribution in [0.15, 0.2) is 98.9 Å². The maximum absolute atomic E-state index is 12.3. The van der Waals surface area contributed by atoms with Gasteiger partial charge < -0.3 is 24.4 Å². The van der Waals surface area contributed by atoms with Crippen molar-refractivity contribution < 1.29 is 175 Å². The summed E-state index contributed by atoms with van der Waals surface area (Å²) < 4.78 is 124. The van der Waals surface area contributed by atoms with E-state index in [0.29, 0.717) is 11.9 Å². The summed E-state index contributed by atoms with van der Waals surface area (Å²) in [6.07, 6.45) is 0. The number of hydrogen-bond acceptors (Lipinski definition) is 20. The third-order valence-electron chi connectivity index (χ3n) is 7.02. The molecule has 0 amide bonds. The van der Waals surface area contributed by atoms with Gasteiger partial charge in [-0.3, -0.25) is 0 Å². The molecular formula is C31H20ClN7Na4O13S4. The number of aromatic hydroxyl groups is 1. The Balaban J connectivity index is 0.00000267. The number of aromatic nitrogens is 3. The Kier molecular flexibility index (Phi) is 25.1. The topological polar surface area (TPSA) is 316 Å². The van der Waals surface area contributed by atoms with E-state index >= 15 is 0 Å². The van der Waals surface area contributed by atoms with Crippen LogP contribution >= 0.6 is 11.6 Å². The molecule has 0 aliphatic rings. The third-order valence-corrected chi connectivity index (χ3v) is 8.97. The third kappa shape index (κ3) is 16.0. The molecule has 2 N–H and O–H groups in total. The van der Waals surface area contributed by atoms with Crippen LogP contribution in [0.3, 0.4) is 0 Å². The zero-order valence-corrected chi connectivity index (χ0v) is 43.8. The molecule has 5 aromatic carbocycles. The normalized spacial score (nSPS) is 10.5. The number of halogens is 1. The van der Waals surface area contributed by atoms with E-state index in [0.717, 1.165) is 17.8 Å². The number of nitrogens with zero attached hydrogens (tertiary/aromatic N) is 6. The van der Waals surface area contributed by atoms with Crippen molar-refractivity contribution >= 4 is 109 Å². The van der Waals surface area contributed by atoms with Gasteiger partial charge in [0.05, 0.1) is 10.6 Å². The fraction of sp³-hybridized carbons (Fsp3) is 0.0645. The summed E-state index contributed by atoms with van der Waals surface area (Å²) in [6.45, 7) is 2.36. The summed E-state index contributed by atoms with van der Waals surface area (Å²) in [7, 11) is -16.6. The Morgan fingerprint density at radius 3 is 2.02 bits per heavy atom. The van der Waals surface area contributed by atoms with Crippen LogP contribution in [-0.2, 0) is 41.5 Å². The van der Waals surface area contributed by atoms with Crippen LogP contribution in [0.25, 0.3) is 21.5 Å². The Morgan fingerprint density at radius 1 is 0.833 bits per heavy atom. The van der Waals surface area contributed by atoms with E-state index < -0.39 is 68.4 Å². The Labute approximate surface area is 438 Å². The smallest absolute Gasteiger partial charge is 0.745 e. The molecule has 29 heteroatoms. The minimum absolute atomic E-state index is 0. The van der Waals surface area contributed by atoms with Crippen LogP contribution in [0.1, 0.15) is 6.92 Å². The SMILES string of the molecule is CCN(c1ccccc1)c1nc(Cl)nc(Nc2c[c-]cc3cc(S(=O)(=O)[O-])c(N=Nc4ccc5[c-]cccc5c4S(=O)(=O)[O-])c(O)c23)n1.O=S(=O)=O.O=S(=O)=O.[Na+].[Na+].[Na+].[Na+]. The molecule has 6 aromatic rings. The van der Waals surface area contributed by atoms with Crippen molar-refractivity contribution in [2.45, 2.75) is 16.7 Å². The molecule has 0 saturated heterocycles. The maximum atomic E-state index is 12.3.